The van der Waals surface area contributed by atoms with Crippen molar-refractivity contribution in [2.45, 2.75) is 18.9 Å². The zero-order valence-electron chi connectivity index (χ0n) is 9.25. The maximum atomic E-state index is 7.71. The highest BCUT2D eigenvalue weighted by atomic mass is 15.1. The molecule has 0 amide bonds. The van der Waals surface area contributed by atoms with Crippen LogP contribution in [0.4, 0.5) is 0 Å². The van der Waals surface area contributed by atoms with Gasteiger partial charge < -0.3 is 0 Å². The standard InChI is InChI=1S/C10H14N2/c1-12-7-3-5-10(12)9-4-2-6-11-8-9/h2,4,6,8,10H,3,5,7H2,1H3/t10-/m0/s1/i6D,8D. The molecular formula is C10H14N2. The zero-order valence-corrected chi connectivity index (χ0v) is 7.25. The summed E-state index contributed by atoms with van der Waals surface area (Å²) in [5.41, 5.74) is 0.959. The second-order valence-corrected chi connectivity index (χ2v) is 3.28. The van der Waals surface area contributed by atoms with Crippen molar-refractivity contribution in [3.63, 3.8) is 0 Å². The molecule has 0 bridgehead atoms. The monoisotopic (exact) mass is 164 g/mol. The van der Waals surface area contributed by atoms with Gasteiger partial charge in [-0.25, -0.2) is 0 Å². The normalized spacial score (nSPS) is 26.9. The quantitative estimate of drug-likeness (QED) is 0.629. The summed E-state index contributed by atoms with van der Waals surface area (Å²) in [4.78, 5) is 6.11. The Bertz CT molecular complexity index is 341. The van der Waals surface area contributed by atoms with E-state index in [1.165, 1.54) is 6.42 Å². The van der Waals surface area contributed by atoms with Crippen molar-refractivity contribution in [3.05, 3.63) is 30.0 Å². The Morgan fingerprint density at radius 2 is 2.67 bits per heavy atom. The highest BCUT2D eigenvalue weighted by Gasteiger charge is 2.21. The Morgan fingerprint density at radius 3 is 3.33 bits per heavy atom. The third-order valence-corrected chi connectivity index (χ3v) is 2.47. The number of hydrogen-bond donors (Lipinski definition) is 0. The second-order valence-electron chi connectivity index (χ2n) is 3.28. The van der Waals surface area contributed by atoms with Crippen molar-refractivity contribution >= 4 is 0 Å². The van der Waals surface area contributed by atoms with Crippen LogP contribution >= 0.6 is 0 Å². The van der Waals surface area contributed by atoms with Gasteiger partial charge in [-0.2, -0.15) is 0 Å². The van der Waals surface area contributed by atoms with Crippen molar-refractivity contribution in [2.24, 2.45) is 0 Å². The van der Waals surface area contributed by atoms with E-state index in [2.05, 4.69) is 16.9 Å². The fraction of sp³-hybridized carbons (Fsp3) is 0.500. The van der Waals surface area contributed by atoms with Gasteiger partial charge in [-0.3, -0.25) is 9.88 Å². The van der Waals surface area contributed by atoms with Crippen LogP contribution < -0.4 is 0 Å². The predicted octanol–water partition coefficient (Wildman–Crippen LogP) is 1.85. The number of aromatic nitrogens is 1. The van der Waals surface area contributed by atoms with E-state index in [4.69, 9.17) is 2.74 Å². The molecular weight excluding hydrogens is 148 g/mol. The first-order chi connectivity index (χ1) is 6.68. The highest BCUT2D eigenvalue weighted by molar-refractivity contribution is 5.14. The highest BCUT2D eigenvalue weighted by Crippen LogP contribution is 2.29. The van der Waals surface area contributed by atoms with Gasteiger partial charge in [-0.1, -0.05) is 6.07 Å². The van der Waals surface area contributed by atoms with Crippen LogP contribution in [0.15, 0.2) is 24.5 Å². The summed E-state index contributed by atoms with van der Waals surface area (Å²) >= 11 is 0. The van der Waals surface area contributed by atoms with Crippen molar-refractivity contribution in [2.75, 3.05) is 13.6 Å². The Hall–Kier alpha value is -0.890. The summed E-state index contributed by atoms with van der Waals surface area (Å²) in [5, 5.41) is 0. The van der Waals surface area contributed by atoms with E-state index in [0.717, 1.165) is 18.5 Å². The first kappa shape index (κ1) is 5.70. The van der Waals surface area contributed by atoms with E-state index >= 15 is 0 Å². The van der Waals surface area contributed by atoms with E-state index < -0.39 is 0 Å². The Kier molecular flexibility index (Phi) is 1.54. The average Bonchev–Trinajstić information content (AvgIpc) is 2.52. The molecule has 2 rings (SSSR count). The lowest BCUT2D eigenvalue weighted by atomic mass is 10.1. The van der Waals surface area contributed by atoms with Gasteiger partial charge in [0.25, 0.3) is 0 Å². The van der Waals surface area contributed by atoms with Crippen molar-refractivity contribution in [3.8, 4) is 0 Å². The third kappa shape index (κ3) is 1.34. The second kappa shape index (κ2) is 3.23. The summed E-state index contributed by atoms with van der Waals surface area (Å²) < 4.78 is 15.0. The largest absolute Gasteiger partial charge is 0.299 e. The van der Waals surface area contributed by atoms with Crippen LogP contribution in [-0.4, -0.2) is 23.5 Å². The minimum Gasteiger partial charge on any atom is -0.299 e. The Labute approximate surface area is 76.0 Å². The van der Waals surface area contributed by atoms with Crippen LogP contribution in [0, 0.1) is 0 Å². The molecule has 0 spiro atoms. The molecule has 0 saturated carbocycles. The van der Waals surface area contributed by atoms with Crippen molar-refractivity contribution in [1.82, 2.24) is 9.88 Å². The molecule has 2 nitrogen and oxygen atoms in total. The fourth-order valence-corrected chi connectivity index (χ4v) is 1.79. The van der Waals surface area contributed by atoms with Crippen molar-refractivity contribution in [1.29, 1.82) is 0 Å². The molecule has 64 valence electrons. The van der Waals surface area contributed by atoms with Gasteiger partial charge in [0.2, 0.25) is 0 Å². The lowest BCUT2D eigenvalue weighted by Crippen LogP contribution is -2.17. The number of hydrogen-bond acceptors (Lipinski definition) is 2. The van der Waals surface area contributed by atoms with Crippen LogP contribution in [0.1, 0.15) is 27.2 Å². The SMILES string of the molecule is [2H]c1ccc([C@@H]2CCCN2C)c([2H])n1. The van der Waals surface area contributed by atoms with Gasteiger partial charge in [0.1, 0.15) is 0 Å². The number of nitrogens with zero attached hydrogens (tertiary/aromatic N) is 2. The van der Waals surface area contributed by atoms with Crippen LogP contribution in [0.5, 0.6) is 0 Å². The Morgan fingerprint density at radius 1 is 1.75 bits per heavy atom. The number of pyridine rings is 1. The first-order valence-corrected chi connectivity index (χ1v) is 4.33. The number of likely N-dealkylation sites (tertiary alicyclic amines) is 1. The van der Waals surface area contributed by atoms with E-state index in [9.17, 15) is 0 Å². The molecule has 0 unspecified atom stereocenters. The minimum atomic E-state index is 0.180. The molecule has 0 radical (unpaired) electrons. The van der Waals surface area contributed by atoms with Crippen LogP contribution in [-0.2, 0) is 0 Å². The van der Waals surface area contributed by atoms with E-state index in [1.807, 2.05) is 6.07 Å². The molecule has 2 heterocycles. The molecule has 0 N–H and O–H groups in total. The van der Waals surface area contributed by atoms with Crippen molar-refractivity contribution < 1.29 is 2.74 Å². The van der Waals surface area contributed by atoms with Crippen LogP contribution in [0.3, 0.4) is 0 Å². The maximum absolute atomic E-state index is 7.71. The topological polar surface area (TPSA) is 16.1 Å². The molecule has 1 aromatic rings. The summed E-state index contributed by atoms with van der Waals surface area (Å²) in [6.45, 7) is 1.09. The van der Waals surface area contributed by atoms with Crippen LogP contribution in [0.2, 0.25) is 0 Å². The summed E-state index contributed by atoms with van der Waals surface area (Å²) in [7, 11) is 2.08. The molecule has 1 atom stereocenters. The third-order valence-electron chi connectivity index (χ3n) is 2.47. The average molecular weight is 164 g/mol. The van der Waals surface area contributed by atoms with Gasteiger partial charge in [-0.15, -0.1) is 0 Å². The van der Waals surface area contributed by atoms with Gasteiger partial charge in [0.05, 0.1) is 2.74 Å². The fourth-order valence-electron chi connectivity index (χ4n) is 1.79. The smallest absolute Gasteiger partial charge is 0.0843 e. The molecule has 0 aliphatic carbocycles. The maximum Gasteiger partial charge on any atom is 0.0843 e. The van der Waals surface area contributed by atoms with E-state index in [0.29, 0.717) is 6.04 Å². The predicted molar refractivity (Wildman–Crippen MR) is 48.8 cm³/mol. The van der Waals surface area contributed by atoms with Crippen LogP contribution in [0.25, 0.3) is 0 Å². The van der Waals surface area contributed by atoms with Gasteiger partial charge in [-0.05, 0) is 38.1 Å². The zero-order chi connectivity index (χ0) is 10.1. The molecule has 1 aliphatic heterocycles. The number of rotatable bonds is 1. The summed E-state index contributed by atoms with van der Waals surface area (Å²) in [6, 6.07) is 3.86. The first-order valence-electron chi connectivity index (χ1n) is 5.33. The minimum absolute atomic E-state index is 0.180. The molecule has 1 aromatic heterocycles. The molecule has 2 heteroatoms. The summed E-state index contributed by atoms with van der Waals surface area (Å²) in [5.74, 6) is 0. The van der Waals surface area contributed by atoms with Gasteiger partial charge >= 0.3 is 0 Å². The van der Waals surface area contributed by atoms with E-state index in [1.54, 1.807) is 6.07 Å². The molecule has 1 aliphatic rings. The summed E-state index contributed by atoms with van der Waals surface area (Å²) in [6.07, 6.45) is 2.72. The molecule has 1 fully saturated rings. The molecule has 0 aromatic carbocycles. The van der Waals surface area contributed by atoms with E-state index in [-0.39, 0.29) is 12.3 Å². The van der Waals surface area contributed by atoms with Gasteiger partial charge in [0.15, 0.2) is 0 Å². The molecule has 12 heavy (non-hydrogen) atoms. The van der Waals surface area contributed by atoms with Gasteiger partial charge in [0, 0.05) is 18.4 Å². The Balaban J connectivity index is 2.31. The lowest BCUT2D eigenvalue weighted by Gasteiger charge is -2.18. The lowest BCUT2D eigenvalue weighted by molar-refractivity contribution is 0.317. The molecule has 1 saturated heterocycles.